The number of carboxylic acids is 1. The van der Waals surface area contributed by atoms with Gasteiger partial charge < -0.3 is 9.84 Å². The maximum Gasteiger partial charge on any atom is 0.327 e. The standard InChI is InChI=1S/C14H18FNO5S/c1-9-6-10(2)12(11(15)7-9)22(19,20)16-14(13(17)18)4-3-5-21-8-14/h6-7,16H,3-5,8H2,1-2H3,(H,17,18). The molecule has 0 saturated carbocycles. The summed E-state index contributed by atoms with van der Waals surface area (Å²) in [5.41, 5.74) is -0.953. The molecular weight excluding hydrogens is 313 g/mol. The van der Waals surface area contributed by atoms with Crippen molar-refractivity contribution in [1.29, 1.82) is 0 Å². The Morgan fingerprint density at radius 1 is 1.41 bits per heavy atom. The largest absolute Gasteiger partial charge is 0.480 e. The summed E-state index contributed by atoms with van der Waals surface area (Å²) in [4.78, 5) is 11.0. The molecule has 1 atom stereocenters. The summed E-state index contributed by atoms with van der Waals surface area (Å²) in [7, 11) is -4.33. The van der Waals surface area contributed by atoms with Gasteiger partial charge in [0.15, 0.2) is 5.54 Å². The van der Waals surface area contributed by atoms with Crippen molar-refractivity contribution in [3.63, 3.8) is 0 Å². The van der Waals surface area contributed by atoms with Gasteiger partial charge in [0.2, 0.25) is 10.0 Å². The second-order valence-electron chi connectivity index (χ2n) is 5.54. The zero-order valence-corrected chi connectivity index (χ0v) is 13.2. The maximum absolute atomic E-state index is 14.1. The number of aryl methyl sites for hydroxylation is 2. The highest BCUT2D eigenvalue weighted by Gasteiger charge is 2.45. The van der Waals surface area contributed by atoms with Crippen LogP contribution in [0.15, 0.2) is 17.0 Å². The van der Waals surface area contributed by atoms with Gasteiger partial charge in [-0.05, 0) is 43.9 Å². The van der Waals surface area contributed by atoms with Gasteiger partial charge in [0, 0.05) is 6.61 Å². The molecule has 1 aromatic carbocycles. The van der Waals surface area contributed by atoms with Crippen LogP contribution in [0.3, 0.4) is 0 Å². The first-order valence-corrected chi connectivity index (χ1v) is 8.28. The average Bonchev–Trinajstić information content (AvgIpc) is 2.37. The molecule has 1 aromatic rings. The first-order chi connectivity index (χ1) is 10.2. The van der Waals surface area contributed by atoms with Crippen LogP contribution >= 0.6 is 0 Å². The summed E-state index contributed by atoms with van der Waals surface area (Å²) >= 11 is 0. The Kier molecular flexibility index (Phi) is 4.55. The molecule has 0 aliphatic carbocycles. The van der Waals surface area contributed by atoms with Gasteiger partial charge in [-0.15, -0.1) is 0 Å². The molecule has 1 saturated heterocycles. The summed E-state index contributed by atoms with van der Waals surface area (Å²) in [5.74, 6) is -2.23. The Balaban J connectivity index is 2.45. The molecule has 8 heteroatoms. The molecule has 1 aliphatic rings. The molecule has 0 spiro atoms. The molecular formula is C14H18FNO5S. The van der Waals surface area contributed by atoms with Gasteiger partial charge in [-0.25, -0.2) is 12.8 Å². The van der Waals surface area contributed by atoms with Gasteiger partial charge in [0.25, 0.3) is 0 Å². The van der Waals surface area contributed by atoms with E-state index in [1.54, 1.807) is 6.92 Å². The average molecular weight is 331 g/mol. The number of carboxylic acid groups (broad SMARTS) is 1. The van der Waals surface area contributed by atoms with E-state index >= 15 is 0 Å². The number of carbonyl (C=O) groups is 1. The Morgan fingerprint density at radius 3 is 2.59 bits per heavy atom. The van der Waals surface area contributed by atoms with Crippen LogP contribution in [0.1, 0.15) is 24.0 Å². The molecule has 1 fully saturated rings. The molecule has 0 aromatic heterocycles. The quantitative estimate of drug-likeness (QED) is 0.869. The summed E-state index contributed by atoms with van der Waals surface area (Å²) in [6.45, 7) is 3.20. The summed E-state index contributed by atoms with van der Waals surface area (Å²) in [6.07, 6.45) is 0.498. The van der Waals surface area contributed by atoms with Gasteiger partial charge in [-0.2, -0.15) is 4.72 Å². The molecule has 122 valence electrons. The first-order valence-electron chi connectivity index (χ1n) is 6.80. The van der Waals surface area contributed by atoms with Crippen LogP contribution in [0, 0.1) is 19.7 Å². The van der Waals surface area contributed by atoms with Crippen molar-refractivity contribution in [2.75, 3.05) is 13.2 Å². The molecule has 2 rings (SSSR count). The second-order valence-corrected chi connectivity index (χ2v) is 7.16. The highest BCUT2D eigenvalue weighted by molar-refractivity contribution is 7.89. The van der Waals surface area contributed by atoms with Crippen LogP contribution in [-0.4, -0.2) is 38.2 Å². The van der Waals surface area contributed by atoms with Crippen LogP contribution in [0.2, 0.25) is 0 Å². The van der Waals surface area contributed by atoms with Crippen LogP contribution in [0.5, 0.6) is 0 Å². The van der Waals surface area contributed by atoms with E-state index < -0.39 is 32.2 Å². The monoisotopic (exact) mass is 331 g/mol. The normalized spacial score (nSPS) is 22.5. The smallest absolute Gasteiger partial charge is 0.327 e. The fourth-order valence-electron chi connectivity index (χ4n) is 2.64. The molecule has 2 N–H and O–H groups in total. The third-order valence-corrected chi connectivity index (χ3v) is 5.34. The van der Waals surface area contributed by atoms with Crippen LogP contribution < -0.4 is 4.72 Å². The molecule has 22 heavy (non-hydrogen) atoms. The molecule has 6 nitrogen and oxygen atoms in total. The maximum atomic E-state index is 14.1. The van der Waals surface area contributed by atoms with E-state index in [-0.39, 0.29) is 18.6 Å². The fourth-order valence-corrected chi connectivity index (χ4v) is 4.30. The minimum atomic E-state index is -4.33. The van der Waals surface area contributed by atoms with Crippen molar-refractivity contribution in [3.8, 4) is 0 Å². The summed E-state index contributed by atoms with van der Waals surface area (Å²) in [5, 5.41) is 9.38. The predicted octanol–water partition coefficient (Wildman–Crippen LogP) is 1.35. The van der Waals surface area contributed by atoms with Gasteiger partial charge in [-0.1, -0.05) is 6.07 Å². The Morgan fingerprint density at radius 2 is 2.09 bits per heavy atom. The minimum absolute atomic E-state index is 0.0914. The van der Waals surface area contributed by atoms with Crippen molar-refractivity contribution in [1.82, 2.24) is 4.72 Å². The molecule has 0 radical (unpaired) electrons. The minimum Gasteiger partial charge on any atom is -0.480 e. The zero-order chi connectivity index (χ0) is 16.5. The lowest BCUT2D eigenvalue weighted by molar-refractivity contribution is -0.149. The topological polar surface area (TPSA) is 92.7 Å². The summed E-state index contributed by atoms with van der Waals surface area (Å²) < 4.78 is 46.3. The SMILES string of the molecule is Cc1cc(C)c(S(=O)(=O)NC2(C(=O)O)CCCOC2)c(F)c1. The molecule has 0 amide bonds. The van der Waals surface area contributed by atoms with E-state index in [0.717, 1.165) is 6.07 Å². The lowest BCUT2D eigenvalue weighted by atomic mass is 9.94. The van der Waals surface area contributed by atoms with Crippen molar-refractivity contribution in [2.24, 2.45) is 0 Å². The first kappa shape index (κ1) is 16.9. The number of sulfonamides is 1. The molecule has 1 aliphatic heterocycles. The van der Waals surface area contributed by atoms with Gasteiger partial charge in [0.1, 0.15) is 10.7 Å². The lowest BCUT2D eigenvalue weighted by Crippen LogP contribution is -2.59. The number of benzene rings is 1. The predicted molar refractivity (Wildman–Crippen MR) is 76.6 cm³/mol. The van der Waals surface area contributed by atoms with Crippen molar-refractivity contribution in [2.45, 2.75) is 37.1 Å². The van der Waals surface area contributed by atoms with E-state index in [9.17, 15) is 22.7 Å². The van der Waals surface area contributed by atoms with Crippen molar-refractivity contribution < 1.29 is 27.4 Å². The van der Waals surface area contributed by atoms with E-state index in [1.807, 2.05) is 0 Å². The number of hydrogen-bond acceptors (Lipinski definition) is 4. The van der Waals surface area contributed by atoms with Crippen molar-refractivity contribution in [3.05, 3.63) is 29.1 Å². The second kappa shape index (κ2) is 5.94. The van der Waals surface area contributed by atoms with E-state index in [2.05, 4.69) is 4.72 Å². The molecule has 1 heterocycles. The van der Waals surface area contributed by atoms with Crippen molar-refractivity contribution >= 4 is 16.0 Å². The number of hydrogen-bond donors (Lipinski definition) is 2. The number of rotatable bonds is 4. The van der Waals surface area contributed by atoms with E-state index in [0.29, 0.717) is 18.6 Å². The fraction of sp³-hybridized carbons (Fsp3) is 0.500. The number of nitrogens with one attached hydrogen (secondary N) is 1. The highest BCUT2D eigenvalue weighted by atomic mass is 32.2. The highest BCUT2D eigenvalue weighted by Crippen LogP contribution is 2.26. The molecule has 0 bridgehead atoms. The third-order valence-electron chi connectivity index (χ3n) is 3.62. The van der Waals surface area contributed by atoms with Gasteiger partial charge in [0.05, 0.1) is 6.61 Å². The lowest BCUT2D eigenvalue weighted by Gasteiger charge is -2.33. The third kappa shape index (κ3) is 3.13. The van der Waals surface area contributed by atoms with Crippen LogP contribution in [0.4, 0.5) is 4.39 Å². The van der Waals surface area contributed by atoms with Gasteiger partial charge >= 0.3 is 5.97 Å². The van der Waals surface area contributed by atoms with Crippen LogP contribution in [-0.2, 0) is 19.6 Å². The van der Waals surface area contributed by atoms with Crippen LogP contribution in [0.25, 0.3) is 0 Å². The number of ether oxygens (including phenoxy) is 1. The molecule has 1 unspecified atom stereocenters. The number of aliphatic carboxylic acids is 1. The Hall–Kier alpha value is -1.51. The Bertz CT molecular complexity index is 672. The van der Waals surface area contributed by atoms with Gasteiger partial charge in [-0.3, -0.25) is 4.79 Å². The zero-order valence-electron chi connectivity index (χ0n) is 12.3. The summed E-state index contributed by atoms with van der Waals surface area (Å²) in [6, 6.07) is 2.63. The Labute approximate surface area is 128 Å². The van der Waals surface area contributed by atoms with E-state index in [1.165, 1.54) is 13.0 Å². The van der Waals surface area contributed by atoms with E-state index in [4.69, 9.17) is 4.74 Å². The number of halogens is 1.